The molecule has 0 fully saturated rings. The fraction of sp³-hybridized carbons (Fsp3) is 0. The topological polar surface area (TPSA) is 85.3 Å². The summed E-state index contributed by atoms with van der Waals surface area (Å²) in [6.07, 6.45) is 0. The number of carbonyl (C=O) groups excluding carboxylic acids is 5. The molecular weight excluding hydrogens is 207 g/mol. The molecule has 0 aromatic heterocycles. The first kappa shape index (κ1) is 70.7. The van der Waals surface area contributed by atoms with Gasteiger partial charge in [-0.2, -0.15) is 0 Å². The van der Waals surface area contributed by atoms with Crippen molar-refractivity contribution >= 4 is 33.9 Å². The van der Waals surface area contributed by atoms with E-state index in [4.69, 9.17) is 24.0 Å². The van der Waals surface area contributed by atoms with Gasteiger partial charge in [0.15, 0.2) is 0 Å². The van der Waals surface area contributed by atoms with Crippen LogP contribution in [0.4, 0.5) is 0 Å². The average molecular weight is 215 g/mol. The van der Waals surface area contributed by atoms with Crippen LogP contribution in [-0.4, -0.2) is 33.9 Å². The van der Waals surface area contributed by atoms with Crippen LogP contribution in [0, 0.1) is 7.43 Å². The zero-order valence-electron chi connectivity index (χ0n) is 6.31. The molecule has 0 heterocycles. The van der Waals surface area contributed by atoms with Gasteiger partial charge in [-0.1, -0.05) is 0 Å². The van der Waals surface area contributed by atoms with Crippen molar-refractivity contribution in [3.05, 3.63) is 7.43 Å². The maximum absolute atomic E-state index is 7.75. The van der Waals surface area contributed by atoms with Gasteiger partial charge in [-0.25, -0.2) is 0 Å². The molecule has 0 aliphatic carbocycles. The summed E-state index contributed by atoms with van der Waals surface area (Å²) in [5.74, 6) is 0. The van der Waals surface area contributed by atoms with Gasteiger partial charge in [0.1, 0.15) is 0 Å². The van der Waals surface area contributed by atoms with Crippen LogP contribution in [-0.2, 0) is 41.0 Å². The van der Waals surface area contributed by atoms with E-state index in [2.05, 4.69) is 33.9 Å². The monoisotopic (exact) mass is 215 g/mol. The third-order valence-electron chi connectivity index (χ3n) is 0. The Labute approximate surface area is 83.0 Å². The third kappa shape index (κ3) is 430. The van der Waals surface area contributed by atoms with Crippen LogP contribution in [0.3, 0.4) is 0 Å². The molecule has 1 radical (unpaired) electrons. The quantitative estimate of drug-likeness (QED) is 0.296. The Balaban J connectivity index is -0.00000000500. The third-order valence-corrected chi connectivity index (χ3v) is 0. The van der Waals surface area contributed by atoms with Crippen LogP contribution in [0.1, 0.15) is 0 Å². The molecule has 0 spiro atoms. The fourth-order valence-corrected chi connectivity index (χ4v) is 0. The summed E-state index contributed by atoms with van der Waals surface area (Å²) >= 11 is 0. The normalized spacial score (nSPS) is 1.67. The van der Waals surface area contributed by atoms with Crippen LogP contribution in [0.5, 0.6) is 0 Å². The predicted molar refractivity (Wildman–Crippen MR) is 40.2 cm³/mol. The average Bonchev–Trinajstić information content (AvgIpc) is 2.20. The molecule has 0 saturated carbocycles. The zero-order chi connectivity index (χ0) is 10.0. The first-order valence-electron chi connectivity index (χ1n) is 1.18. The van der Waals surface area contributed by atoms with E-state index < -0.39 is 0 Å². The van der Waals surface area contributed by atoms with Crippen LogP contribution >= 0.6 is 0 Å². The van der Waals surface area contributed by atoms with Crippen molar-refractivity contribution in [2.24, 2.45) is 0 Å². The molecule has 0 atom stereocenters. The molecular formula is C6H8MnO5-6. The summed E-state index contributed by atoms with van der Waals surface area (Å²) < 4.78 is 0. The van der Waals surface area contributed by atoms with Gasteiger partial charge in [-0.15, -0.1) is 0 Å². The molecule has 0 aromatic carbocycles. The molecule has 0 aliphatic heterocycles. The Morgan fingerprint density at radius 1 is 0.417 bits per heavy atom. The van der Waals surface area contributed by atoms with Crippen LogP contribution in [0.15, 0.2) is 0 Å². The molecule has 0 rings (SSSR count). The smallest absolute Gasteiger partial charge is 0 e. The molecule has 0 unspecified atom stereocenters. The Morgan fingerprint density at radius 3 is 0.417 bits per heavy atom. The van der Waals surface area contributed by atoms with Crippen LogP contribution in [0.25, 0.3) is 0 Å². The van der Waals surface area contributed by atoms with Crippen molar-refractivity contribution in [2.45, 2.75) is 0 Å². The first-order valence-corrected chi connectivity index (χ1v) is 1.18. The number of hydrogen-bond donors (Lipinski definition) is 0. The molecule has 0 aliphatic rings. The number of hydrogen-bond acceptors (Lipinski definition) is 5. The van der Waals surface area contributed by atoms with E-state index in [1.54, 1.807) is 0 Å². The minimum atomic E-state index is 0. The second kappa shape index (κ2) is 607. The van der Waals surface area contributed by atoms with Gasteiger partial charge in [0.05, 0.1) is 0 Å². The van der Waals surface area contributed by atoms with Gasteiger partial charge in [0, 0.05) is 17.1 Å². The summed E-state index contributed by atoms with van der Waals surface area (Å²) in [4.78, 5) is 38.8. The van der Waals surface area contributed by atoms with Gasteiger partial charge in [-0.05, 0) is 0 Å². The summed E-state index contributed by atoms with van der Waals surface area (Å²) in [6.45, 7) is 16.2. The van der Waals surface area contributed by atoms with Gasteiger partial charge in [0.25, 0.3) is 0 Å². The van der Waals surface area contributed by atoms with Crippen molar-refractivity contribution in [1.29, 1.82) is 0 Å². The molecule has 0 N–H and O–H groups in total. The second-order valence-corrected chi connectivity index (χ2v) is 0. The van der Waals surface area contributed by atoms with E-state index in [1.165, 1.54) is 0 Å². The van der Waals surface area contributed by atoms with Gasteiger partial charge >= 0.3 is 0 Å². The fourth-order valence-electron chi connectivity index (χ4n) is 0. The maximum atomic E-state index is 7.75. The SMILES string of the molecule is [CH-]=O.[CH-]=O.[CH-]=O.[CH-]=O.[CH-]=O.[CH3-].[Mn]. The Kier molecular flexibility index (Phi) is 3580. The van der Waals surface area contributed by atoms with Crippen molar-refractivity contribution in [2.75, 3.05) is 0 Å². The summed E-state index contributed by atoms with van der Waals surface area (Å²) in [5, 5.41) is 0. The van der Waals surface area contributed by atoms with Crippen molar-refractivity contribution in [1.82, 2.24) is 0 Å². The van der Waals surface area contributed by atoms with E-state index in [1.807, 2.05) is 0 Å². The molecule has 0 aromatic rings. The molecule has 0 saturated heterocycles. The predicted octanol–water partition coefficient (Wildman–Crippen LogP) is -0.923. The molecule has 75 valence electrons. The van der Waals surface area contributed by atoms with E-state index in [0.29, 0.717) is 0 Å². The first-order chi connectivity index (χ1) is 5.00. The van der Waals surface area contributed by atoms with Gasteiger partial charge in [0.2, 0.25) is 0 Å². The largest absolute Gasteiger partial charge is 0.545 e. The van der Waals surface area contributed by atoms with E-state index in [-0.39, 0.29) is 24.5 Å². The molecule has 0 amide bonds. The second-order valence-electron chi connectivity index (χ2n) is 0. The van der Waals surface area contributed by atoms with E-state index in [9.17, 15) is 0 Å². The zero-order valence-corrected chi connectivity index (χ0v) is 7.49. The van der Waals surface area contributed by atoms with Gasteiger partial charge < -0.3 is 31.4 Å². The molecule has 12 heavy (non-hydrogen) atoms. The van der Waals surface area contributed by atoms with Crippen LogP contribution in [0.2, 0.25) is 0 Å². The standard InChI is InChI=1S/5CHO.CH3.Mn/c5*1-2;;/h5*1H;1H3;/q6*-1;. The Hall–Kier alpha value is -1.13. The molecule has 6 heteroatoms. The minimum absolute atomic E-state index is 0. The van der Waals surface area contributed by atoms with E-state index in [0.717, 1.165) is 0 Å². The Morgan fingerprint density at radius 2 is 0.417 bits per heavy atom. The Bertz CT molecular complexity index is 27.5. The number of rotatable bonds is 0. The maximum Gasteiger partial charge on any atom is 0 e. The summed E-state index contributed by atoms with van der Waals surface area (Å²) in [5.41, 5.74) is 0. The minimum Gasteiger partial charge on any atom is -0.545 e. The van der Waals surface area contributed by atoms with Crippen LogP contribution < -0.4 is 0 Å². The van der Waals surface area contributed by atoms with Crippen molar-refractivity contribution in [3.8, 4) is 0 Å². The summed E-state index contributed by atoms with van der Waals surface area (Å²) in [6, 6.07) is 0. The molecule has 0 bridgehead atoms. The van der Waals surface area contributed by atoms with Crippen molar-refractivity contribution in [3.63, 3.8) is 0 Å². The van der Waals surface area contributed by atoms with E-state index >= 15 is 0 Å². The molecule has 5 nitrogen and oxygen atoms in total. The van der Waals surface area contributed by atoms with Crippen molar-refractivity contribution < 1.29 is 41.0 Å². The summed E-state index contributed by atoms with van der Waals surface area (Å²) in [7, 11) is 0. The van der Waals surface area contributed by atoms with Gasteiger partial charge in [-0.3, -0.25) is 33.9 Å².